The third-order valence-corrected chi connectivity index (χ3v) is 4.93. The van der Waals surface area contributed by atoms with Crippen LogP contribution in [0.2, 0.25) is 0 Å². The molecule has 1 saturated carbocycles. The summed E-state index contributed by atoms with van der Waals surface area (Å²) in [6.45, 7) is 6.92. The maximum absolute atomic E-state index is 6.08. The van der Waals surface area contributed by atoms with E-state index in [1.165, 1.54) is 11.1 Å². The monoisotopic (exact) mass is 327 g/mol. The Bertz CT molecular complexity index is 427. The van der Waals surface area contributed by atoms with E-state index < -0.39 is 0 Å². The van der Waals surface area contributed by atoms with Crippen molar-refractivity contribution in [3.05, 3.63) is 27.7 Å². The molecule has 1 fully saturated rings. The standard InChI is InChI=1S/C15H22BrNO2/c1-5-18-15-12(17-4)8-13(15)19-11-6-9(2)14(16)10(3)7-11/h6-7,12-13,15,17H,5,8H2,1-4H3. The first-order chi connectivity index (χ1) is 9.06. The molecular formula is C15H22BrNO2. The fraction of sp³-hybridized carbons (Fsp3) is 0.600. The van der Waals surface area contributed by atoms with Gasteiger partial charge in [-0.2, -0.15) is 0 Å². The number of ether oxygens (including phenoxy) is 2. The fourth-order valence-electron chi connectivity index (χ4n) is 2.54. The summed E-state index contributed by atoms with van der Waals surface area (Å²) in [6, 6.07) is 4.56. The second-order valence-corrected chi connectivity index (χ2v) is 5.87. The van der Waals surface area contributed by atoms with Gasteiger partial charge in [0.25, 0.3) is 0 Å². The van der Waals surface area contributed by atoms with Gasteiger partial charge in [0.2, 0.25) is 0 Å². The van der Waals surface area contributed by atoms with Crippen LogP contribution in [-0.4, -0.2) is 31.9 Å². The van der Waals surface area contributed by atoms with Crippen molar-refractivity contribution in [1.29, 1.82) is 0 Å². The molecule has 4 heteroatoms. The number of aryl methyl sites for hydroxylation is 2. The van der Waals surface area contributed by atoms with Crippen molar-refractivity contribution in [2.75, 3.05) is 13.7 Å². The zero-order valence-corrected chi connectivity index (χ0v) is 13.6. The lowest BCUT2D eigenvalue weighted by molar-refractivity contribution is -0.103. The van der Waals surface area contributed by atoms with Gasteiger partial charge < -0.3 is 14.8 Å². The van der Waals surface area contributed by atoms with Gasteiger partial charge in [-0.15, -0.1) is 0 Å². The molecule has 1 N–H and O–H groups in total. The average molecular weight is 328 g/mol. The average Bonchev–Trinajstić information content (AvgIpc) is 2.37. The lowest BCUT2D eigenvalue weighted by Crippen LogP contribution is -2.60. The fourth-order valence-corrected chi connectivity index (χ4v) is 2.77. The van der Waals surface area contributed by atoms with E-state index in [4.69, 9.17) is 9.47 Å². The first-order valence-electron chi connectivity index (χ1n) is 6.79. The van der Waals surface area contributed by atoms with Gasteiger partial charge in [0.1, 0.15) is 18.0 Å². The minimum atomic E-state index is 0.150. The molecular weight excluding hydrogens is 306 g/mol. The molecule has 1 aromatic rings. The Morgan fingerprint density at radius 1 is 1.32 bits per heavy atom. The molecule has 0 aliphatic heterocycles. The first kappa shape index (κ1) is 14.8. The van der Waals surface area contributed by atoms with E-state index in [2.05, 4.69) is 47.2 Å². The molecule has 3 unspecified atom stereocenters. The van der Waals surface area contributed by atoms with E-state index in [0.29, 0.717) is 6.04 Å². The molecule has 2 rings (SSSR count). The number of benzene rings is 1. The maximum atomic E-state index is 6.08. The molecule has 0 aromatic heterocycles. The third-order valence-electron chi connectivity index (χ3n) is 3.68. The maximum Gasteiger partial charge on any atom is 0.128 e. The van der Waals surface area contributed by atoms with Crippen molar-refractivity contribution < 1.29 is 9.47 Å². The smallest absolute Gasteiger partial charge is 0.128 e. The van der Waals surface area contributed by atoms with Crippen molar-refractivity contribution in [3.8, 4) is 5.75 Å². The molecule has 3 atom stereocenters. The molecule has 1 aliphatic rings. The summed E-state index contributed by atoms with van der Waals surface area (Å²) < 4.78 is 13.0. The van der Waals surface area contributed by atoms with Gasteiger partial charge in [-0.3, -0.25) is 0 Å². The zero-order chi connectivity index (χ0) is 14.0. The third kappa shape index (κ3) is 3.12. The van der Waals surface area contributed by atoms with Gasteiger partial charge in [-0.25, -0.2) is 0 Å². The van der Waals surface area contributed by atoms with E-state index in [1.54, 1.807) is 0 Å². The Labute approximate surface area is 123 Å². The van der Waals surface area contributed by atoms with Gasteiger partial charge in [-0.1, -0.05) is 15.9 Å². The second-order valence-electron chi connectivity index (χ2n) is 5.08. The molecule has 0 heterocycles. The minimum absolute atomic E-state index is 0.150. The molecule has 0 spiro atoms. The molecule has 3 nitrogen and oxygen atoms in total. The zero-order valence-electron chi connectivity index (χ0n) is 12.0. The summed E-state index contributed by atoms with van der Waals surface area (Å²) >= 11 is 3.58. The number of rotatable bonds is 5. The van der Waals surface area contributed by atoms with Crippen molar-refractivity contribution in [1.82, 2.24) is 5.32 Å². The summed E-state index contributed by atoms with van der Waals surface area (Å²) in [7, 11) is 1.97. The van der Waals surface area contributed by atoms with Crippen LogP contribution >= 0.6 is 15.9 Å². The lowest BCUT2D eigenvalue weighted by atomic mass is 9.85. The van der Waals surface area contributed by atoms with E-state index >= 15 is 0 Å². The Kier molecular flexibility index (Phi) is 4.87. The van der Waals surface area contributed by atoms with Crippen LogP contribution in [-0.2, 0) is 4.74 Å². The van der Waals surface area contributed by atoms with Crippen LogP contribution in [0.4, 0.5) is 0 Å². The molecule has 0 bridgehead atoms. The van der Waals surface area contributed by atoms with Crippen LogP contribution in [0.25, 0.3) is 0 Å². The van der Waals surface area contributed by atoms with Gasteiger partial charge in [0.15, 0.2) is 0 Å². The number of nitrogens with one attached hydrogen (secondary N) is 1. The van der Waals surface area contributed by atoms with Gasteiger partial charge in [0, 0.05) is 23.5 Å². The Morgan fingerprint density at radius 2 is 1.95 bits per heavy atom. The van der Waals surface area contributed by atoms with Crippen molar-refractivity contribution in [2.24, 2.45) is 0 Å². The lowest BCUT2D eigenvalue weighted by Gasteiger charge is -2.43. The largest absolute Gasteiger partial charge is 0.488 e. The number of halogens is 1. The Hall–Kier alpha value is -0.580. The van der Waals surface area contributed by atoms with Crippen molar-refractivity contribution in [2.45, 2.75) is 45.4 Å². The predicted octanol–water partition coefficient (Wildman–Crippen LogP) is 3.21. The first-order valence-corrected chi connectivity index (χ1v) is 7.58. The van der Waals surface area contributed by atoms with Crippen LogP contribution in [0.1, 0.15) is 24.5 Å². The number of hydrogen-bond acceptors (Lipinski definition) is 3. The SMILES string of the molecule is CCOC1C(NC)CC1Oc1cc(C)c(Br)c(C)c1. The molecule has 0 radical (unpaired) electrons. The Morgan fingerprint density at radius 3 is 2.47 bits per heavy atom. The molecule has 1 aliphatic carbocycles. The van der Waals surface area contributed by atoms with Crippen molar-refractivity contribution >= 4 is 15.9 Å². The quantitative estimate of drug-likeness (QED) is 0.900. The molecule has 0 amide bonds. The molecule has 0 saturated heterocycles. The summed E-state index contributed by atoms with van der Waals surface area (Å²) in [5.74, 6) is 0.933. The normalized spacial score (nSPS) is 26.1. The Balaban J connectivity index is 2.05. The van der Waals surface area contributed by atoms with Crippen LogP contribution < -0.4 is 10.1 Å². The van der Waals surface area contributed by atoms with Crippen LogP contribution in [0.15, 0.2) is 16.6 Å². The topological polar surface area (TPSA) is 30.5 Å². The second kappa shape index (κ2) is 6.25. The summed E-state index contributed by atoms with van der Waals surface area (Å²) in [5.41, 5.74) is 2.40. The number of likely N-dealkylation sites (N-methyl/N-ethyl adjacent to an activating group) is 1. The van der Waals surface area contributed by atoms with E-state index in [0.717, 1.165) is 23.2 Å². The summed E-state index contributed by atoms with van der Waals surface area (Å²) in [4.78, 5) is 0. The molecule has 1 aromatic carbocycles. The van der Waals surface area contributed by atoms with Gasteiger partial charge in [-0.05, 0) is 51.1 Å². The van der Waals surface area contributed by atoms with Gasteiger partial charge >= 0.3 is 0 Å². The highest BCUT2D eigenvalue weighted by Crippen LogP contribution is 2.32. The van der Waals surface area contributed by atoms with Crippen LogP contribution in [0.5, 0.6) is 5.75 Å². The van der Waals surface area contributed by atoms with E-state index in [9.17, 15) is 0 Å². The highest BCUT2D eigenvalue weighted by Gasteiger charge is 2.42. The number of hydrogen-bond donors (Lipinski definition) is 1. The van der Waals surface area contributed by atoms with Crippen LogP contribution in [0.3, 0.4) is 0 Å². The highest BCUT2D eigenvalue weighted by atomic mass is 79.9. The summed E-state index contributed by atoms with van der Waals surface area (Å²) in [5, 5.41) is 3.27. The molecule has 106 valence electrons. The predicted molar refractivity (Wildman–Crippen MR) is 80.9 cm³/mol. The van der Waals surface area contributed by atoms with Crippen molar-refractivity contribution in [3.63, 3.8) is 0 Å². The van der Waals surface area contributed by atoms with Crippen LogP contribution in [0, 0.1) is 13.8 Å². The minimum Gasteiger partial charge on any atom is -0.488 e. The van der Waals surface area contributed by atoms with Gasteiger partial charge in [0.05, 0.1) is 0 Å². The highest BCUT2D eigenvalue weighted by molar-refractivity contribution is 9.10. The van der Waals surface area contributed by atoms with E-state index in [1.807, 2.05) is 14.0 Å². The van der Waals surface area contributed by atoms with E-state index in [-0.39, 0.29) is 12.2 Å². The summed E-state index contributed by atoms with van der Waals surface area (Å²) in [6.07, 6.45) is 1.30. The molecule has 19 heavy (non-hydrogen) atoms.